The summed E-state index contributed by atoms with van der Waals surface area (Å²) in [5.41, 5.74) is 1.75. The largest absolute Gasteiger partial charge is 0.507 e. The number of benzene rings is 1. The third-order valence-corrected chi connectivity index (χ3v) is 3.02. The number of aromatic hydroxyl groups is 1. The Balaban J connectivity index is 3.16. The normalized spacial score (nSPS) is 11.8. The monoisotopic (exact) mass is 286 g/mol. The lowest BCUT2D eigenvalue weighted by Gasteiger charge is -2.22. The van der Waals surface area contributed by atoms with Crippen LogP contribution < -0.4 is 0 Å². The molecule has 90 valence electrons. The molecule has 0 amide bonds. The molecule has 0 aliphatic rings. The number of halogens is 1. The first kappa shape index (κ1) is 13.5. The molecule has 2 nitrogen and oxygen atoms in total. The van der Waals surface area contributed by atoms with E-state index in [0.717, 1.165) is 15.6 Å². The number of rotatable bonds is 3. The third kappa shape index (κ3) is 3.22. The highest BCUT2D eigenvalue weighted by Gasteiger charge is 2.20. The van der Waals surface area contributed by atoms with E-state index in [4.69, 9.17) is 5.11 Å². The van der Waals surface area contributed by atoms with Crippen LogP contribution in [0.15, 0.2) is 16.6 Å². The van der Waals surface area contributed by atoms with Crippen molar-refractivity contribution in [3.63, 3.8) is 0 Å². The van der Waals surface area contributed by atoms with Gasteiger partial charge >= 0.3 is 0 Å². The Labute approximate surface area is 105 Å². The van der Waals surface area contributed by atoms with E-state index in [1.54, 1.807) is 0 Å². The summed E-state index contributed by atoms with van der Waals surface area (Å²) in [7, 11) is 0. The second-order valence-electron chi connectivity index (χ2n) is 5.04. The zero-order valence-electron chi connectivity index (χ0n) is 10.0. The lowest BCUT2D eigenvalue weighted by atomic mass is 9.85. The minimum absolute atomic E-state index is 0.0815. The lowest BCUT2D eigenvalue weighted by molar-refractivity contribution is 0.288. The predicted molar refractivity (Wildman–Crippen MR) is 69.9 cm³/mol. The Kier molecular flexibility index (Phi) is 4.39. The molecular formula is C13H19BrO2. The first-order valence-corrected chi connectivity index (χ1v) is 6.28. The molecule has 0 aromatic heterocycles. The summed E-state index contributed by atoms with van der Waals surface area (Å²) < 4.78 is 0.975. The highest BCUT2D eigenvalue weighted by atomic mass is 79.9. The molecule has 0 bridgehead atoms. The Morgan fingerprint density at radius 1 is 1.25 bits per heavy atom. The van der Waals surface area contributed by atoms with Gasteiger partial charge in [-0.25, -0.2) is 0 Å². The molecule has 0 radical (unpaired) electrons. The quantitative estimate of drug-likeness (QED) is 0.894. The van der Waals surface area contributed by atoms with Crippen molar-refractivity contribution in [2.45, 2.75) is 39.0 Å². The summed E-state index contributed by atoms with van der Waals surface area (Å²) in [6.45, 7) is 6.37. The molecule has 0 aliphatic heterocycles. The van der Waals surface area contributed by atoms with Crippen LogP contribution in [0.1, 0.15) is 38.3 Å². The lowest BCUT2D eigenvalue weighted by Crippen LogP contribution is -2.12. The summed E-state index contributed by atoms with van der Waals surface area (Å²) >= 11 is 3.46. The minimum Gasteiger partial charge on any atom is -0.507 e. The van der Waals surface area contributed by atoms with E-state index in [2.05, 4.69) is 36.7 Å². The highest BCUT2D eigenvalue weighted by molar-refractivity contribution is 9.10. The molecule has 0 unspecified atom stereocenters. The van der Waals surface area contributed by atoms with E-state index in [1.807, 2.05) is 12.1 Å². The van der Waals surface area contributed by atoms with Gasteiger partial charge in [0, 0.05) is 16.6 Å². The van der Waals surface area contributed by atoms with Gasteiger partial charge in [0.15, 0.2) is 0 Å². The van der Waals surface area contributed by atoms with Gasteiger partial charge in [0.2, 0.25) is 0 Å². The molecule has 0 aliphatic carbocycles. The van der Waals surface area contributed by atoms with E-state index in [0.29, 0.717) is 18.6 Å². The van der Waals surface area contributed by atoms with Crippen molar-refractivity contribution >= 4 is 15.9 Å². The maximum absolute atomic E-state index is 10.2. The second-order valence-corrected chi connectivity index (χ2v) is 5.95. The molecule has 0 atom stereocenters. The fourth-order valence-electron chi connectivity index (χ4n) is 1.69. The maximum Gasteiger partial charge on any atom is 0.122 e. The summed E-state index contributed by atoms with van der Waals surface area (Å²) in [5, 5.41) is 19.0. The van der Waals surface area contributed by atoms with Gasteiger partial charge in [0.25, 0.3) is 0 Å². The third-order valence-electron chi connectivity index (χ3n) is 2.57. The van der Waals surface area contributed by atoms with Crippen LogP contribution in [0.3, 0.4) is 0 Å². The molecule has 16 heavy (non-hydrogen) atoms. The van der Waals surface area contributed by atoms with Crippen molar-refractivity contribution in [1.29, 1.82) is 0 Å². The number of aryl methyl sites for hydroxylation is 1. The Morgan fingerprint density at radius 3 is 2.38 bits per heavy atom. The van der Waals surface area contributed by atoms with Gasteiger partial charge < -0.3 is 10.2 Å². The second kappa shape index (κ2) is 5.19. The Hall–Kier alpha value is -0.540. The predicted octanol–water partition coefficient (Wildman–Crippen LogP) is 3.38. The van der Waals surface area contributed by atoms with Gasteiger partial charge in [-0.1, -0.05) is 36.7 Å². The number of aliphatic hydroxyl groups excluding tert-OH is 1. The average molecular weight is 287 g/mol. The number of aliphatic hydroxyl groups is 1. The van der Waals surface area contributed by atoms with Gasteiger partial charge in [0.1, 0.15) is 5.75 Å². The molecule has 0 fully saturated rings. The molecule has 1 aromatic rings. The minimum atomic E-state index is -0.0815. The first-order valence-electron chi connectivity index (χ1n) is 5.49. The highest BCUT2D eigenvalue weighted by Crippen LogP contribution is 2.36. The molecule has 0 heterocycles. The van der Waals surface area contributed by atoms with Crippen molar-refractivity contribution < 1.29 is 10.2 Å². The molecule has 1 aromatic carbocycles. The smallest absolute Gasteiger partial charge is 0.122 e. The van der Waals surface area contributed by atoms with Gasteiger partial charge in [-0.15, -0.1) is 0 Å². The van der Waals surface area contributed by atoms with E-state index < -0.39 is 0 Å². The van der Waals surface area contributed by atoms with Gasteiger partial charge in [0.05, 0.1) is 0 Å². The van der Waals surface area contributed by atoms with Gasteiger partial charge in [-0.2, -0.15) is 0 Å². The van der Waals surface area contributed by atoms with E-state index >= 15 is 0 Å². The average Bonchev–Trinajstić information content (AvgIpc) is 2.17. The van der Waals surface area contributed by atoms with Gasteiger partial charge in [-0.3, -0.25) is 0 Å². The molecule has 0 spiro atoms. The number of hydrogen-bond donors (Lipinski definition) is 2. The van der Waals surface area contributed by atoms with Crippen LogP contribution in [0.4, 0.5) is 0 Å². The fourth-order valence-corrected chi connectivity index (χ4v) is 2.19. The van der Waals surface area contributed by atoms with Crippen LogP contribution in [-0.4, -0.2) is 16.8 Å². The molecule has 0 saturated carbocycles. The van der Waals surface area contributed by atoms with Crippen LogP contribution in [0.5, 0.6) is 5.75 Å². The van der Waals surface area contributed by atoms with Crippen LogP contribution in [0, 0.1) is 0 Å². The molecular weight excluding hydrogens is 268 g/mol. The van der Waals surface area contributed by atoms with Crippen molar-refractivity contribution in [2.75, 3.05) is 6.61 Å². The Morgan fingerprint density at radius 2 is 1.88 bits per heavy atom. The van der Waals surface area contributed by atoms with Crippen molar-refractivity contribution in [2.24, 2.45) is 0 Å². The van der Waals surface area contributed by atoms with E-state index in [1.165, 1.54) is 0 Å². The molecule has 3 heteroatoms. The number of hydrogen-bond acceptors (Lipinski definition) is 2. The molecule has 2 N–H and O–H groups in total. The SMILES string of the molecule is CC(C)(C)c1cc(Br)cc(CCCO)c1O. The zero-order valence-corrected chi connectivity index (χ0v) is 11.6. The van der Waals surface area contributed by atoms with Crippen molar-refractivity contribution in [1.82, 2.24) is 0 Å². The van der Waals surface area contributed by atoms with Gasteiger partial charge in [-0.05, 0) is 36.0 Å². The maximum atomic E-state index is 10.2. The molecule has 0 saturated heterocycles. The Bertz CT molecular complexity index is 367. The number of phenolic OH excluding ortho intramolecular Hbond substituents is 1. The number of phenols is 1. The first-order chi connectivity index (χ1) is 7.36. The van der Waals surface area contributed by atoms with Crippen molar-refractivity contribution in [3.05, 3.63) is 27.7 Å². The van der Waals surface area contributed by atoms with E-state index in [-0.39, 0.29) is 12.0 Å². The molecule has 1 rings (SSSR count). The summed E-state index contributed by atoms with van der Waals surface area (Å²) in [4.78, 5) is 0. The van der Waals surface area contributed by atoms with E-state index in [9.17, 15) is 5.11 Å². The standard InChI is InChI=1S/C13H19BrO2/c1-13(2,3)11-8-10(14)7-9(12(11)16)5-4-6-15/h7-8,15-16H,4-6H2,1-3H3. The van der Waals surface area contributed by atoms with Crippen LogP contribution >= 0.6 is 15.9 Å². The summed E-state index contributed by atoms with van der Waals surface area (Å²) in [6, 6.07) is 3.87. The van der Waals surface area contributed by atoms with Crippen LogP contribution in [0.2, 0.25) is 0 Å². The topological polar surface area (TPSA) is 40.5 Å². The summed E-state index contributed by atoms with van der Waals surface area (Å²) in [6.07, 6.45) is 1.37. The van der Waals surface area contributed by atoms with Crippen LogP contribution in [-0.2, 0) is 11.8 Å². The summed E-state index contributed by atoms with van der Waals surface area (Å²) in [5.74, 6) is 0.365. The van der Waals surface area contributed by atoms with Crippen LogP contribution in [0.25, 0.3) is 0 Å². The zero-order chi connectivity index (χ0) is 12.3. The van der Waals surface area contributed by atoms with Crippen molar-refractivity contribution in [3.8, 4) is 5.75 Å². The fraction of sp³-hybridized carbons (Fsp3) is 0.538.